The molecule has 0 aliphatic carbocycles. The molecule has 20 heteroatoms. The number of anilines is 1. The zero-order chi connectivity index (χ0) is 55.4. The molecule has 2 aromatic carbocycles. The van der Waals surface area contributed by atoms with Crippen LogP contribution in [0.2, 0.25) is 5.02 Å². The van der Waals surface area contributed by atoms with Crippen molar-refractivity contribution in [1.29, 1.82) is 0 Å². The highest BCUT2D eigenvalue weighted by atomic mass is 35.5. The van der Waals surface area contributed by atoms with E-state index in [1.54, 1.807) is 17.7 Å². The van der Waals surface area contributed by atoms with Crippen molar-refractivity contribution in [3.05, 3.63) is 94.5 Å². The Bertz CT molecular complexity index is 2800. The first-order chi connectivity index (χ1) is 37.5. The lowest BCUT2D eigenvalue weighted by molar-refractivity contribution is -0.144. The number of unbranched alkanes of at least 4 members (excludes halogenated alkanes) is 6. The smallest absolute Gasteiger partial charge is 0.246 e. The third-order valence-corrected chi connectivity index (χ3v) is 17.0. The Morgan fingerprint density at radius 2 is 1.54 bits per heavy atom. The number of hydrogen-bond donors (Lipinski definition) is 6. The number of piperidine rings is 1. The largest absolute Gasteiger partial charge is 0.391 e. The molecular formula is C58H79ClN12O6S. The summed E-state index contributed by atoms with van der Waals surface area (Å²) in [5.74, 6) is -0.0496. The van der Waals surface area contributed by atoms with E-state index < -0.39 is 29.1 Å². The van der Waals surface area contributed by atoms with Gasteiger partial charge in [0.2, 0.25) is 29.5 Å². The second kappa shape index (κ2) is 26.8. The minimum atomic E-state index is -1.02. The number of thiazole rings is 1. The van der Waals surface area contributed by atoms with Crippen LogP contribution >= 0.6 is 22.9 Å². The number of aryl methyl sites for hydroxylation is 1. The van der Waals surface area contributed by atoms with E-state index in [1.807, 2.05) is 98.9 Å². The fourth-order valence-corrected chi connectivity index (χ4v) is 11.9. The minimum Gasteiger partial charge on any atom is -0.391 e. The monoisotopic (exact) mass is 1110 g/mol. The predicted molar refractivity (Wildman–Crippen MR) is 305 cm³/mol. The molecule has 3 aromatic heterocycles. The van der Waals surface area contributed by atoms with Crippen LogP contribution in [0.5, 0.6) is 0 Å². The lowest BCUT2D eigenvalue weighted by atomic mass is 9.85. The number of likely N-dealkylation sites (tertiary alicyclic amines) is 1. The molecule has 3 aliphatic rings. The number of aromatic amines is 1. The number of H-pyrrole nitrogens is 1. The Morgan fingerprint density at radius 1 is 0.859 bits per heavy atom. The van der Waals surface area contributed by atoms with Crippen LogP contribution in [0.3, 0.4) is 0 Å². The first-order valence-electron chi connectivity index (χ1n) is 27.9. The lowest BCUT2D eigenvalue weighted by Crippen LogP contribution is -2.60. The maximum absolute atomic E-state index is 14.1. The number of nitrogens with one attached hydrogen (secondary N) is 4. The molecule has 78 heavy (non-hydrogen) atoms. The van der Waals surface area contributed by atoms with Crippen LogP contribution in [0, 0.1) is 12.3 Å². The van der Waals surface area contributed by atoms with Gasteiger partial charge < -0.3 is 46.5 Å². The van der Waals surface area contributed by atoms with Gasteiger partial charge in [-0.15, -0.1) is 11.3 Å². The number of β-amino-alcohol motifs (C(OH)–C–C–N with tert-alkyl or cyclic N) is 1. The number of aliphatic hydroxyl groups is 1. The molecule has 420 valence electrons. The maximum Gasteiger partial charge on any atom is 0.246 e. The van der Waals surface area contributed by atoms with E-state index in [4.69, 9.17) is 17.3 Å². The number of hydrogen-bond acceptors (Lipinski definition) is 13. The summed E-state index contributed by atoms with van der Waals surface area (Å²) < 4.78 is 0. The van der Waals surface area contributed by atoms with Crippen molar-refractivity contribution in [1.82, 2.24) is 50.6 Å². The van der Waals surface area contributed by atoms with Gasteiger partial charge in [-0.3, -0.25) is 28.9 Å². The quantitative estimate of drug-likeness (QED) is 0.0361. The molecule has 3 fully saturated rings. The highest BCUT2D eigenvalue weighted by Crippen LogP contribution is 2.32. The van der Waals surface area contributed by atoms with Gasteiger partial charge in [0.15, 0.2) is 0 Å². The molecular weight excluding hydrogens is 1030 g/mol. The summed E-state index contributed by atoms with van der Waals surface area (Å²) >= 11 is 7.84. The van der Waals surface area contributed by atoms with Crippen molar-refractivity contribution in [2.45, 2.75) is 147 Å². The number of rotatable bonds is 23. The molecule has 5 amide bonds. The average Bonchev–Trinajstić information content (AvgIpc) is 4.20. The van der Waals surface area contributed by atoms with E-state index in [1.165, 1.54) is 4.90 Å². The van der Waals surface area contributed by atoms with Crippen molar-refractivity contribution in [3.8, 4) is 10.4 Å². The Labute approximate surface area is 467 Å². The zero-order valence-electron chi connectivity index (χ0n) is 45.8. The minimum absolute atomic E-state index is 0.0228. The molecule has 8 rings (SSSR count). The lowest BCUT2D eigenvalue weighted by Gasteiger charge is -2.39. The SMILES string of the molecule is Cc1ncsc1-c1ccc(CNC(=O)[C@@H]2C[C@@H](O)CN2C(=O)[C@@H](NC(=O)CCCCCCCCCC(=O)N2CCN(CC[C@H](NC(=O)C3(N)CCN(c4ncnc5[nH]ccc45)CC3)c3ccc(Cl)cc3)CC2)C(C)(C)C)cc1. The predicted octanol–water partition coefficient (Wildman–Crippen LogP) is 7.05. The van der Waals surface area contributed by atoms with Crippen molar-refractivity contribution in [2.75, 3.05) is 57.3 Å². The van der Waals surface area contributed by atoms with Crippen LogP contribution in [0.1, 0.15) is 127 Å². The highest BCUT2D eigenvalue weighted by molar-refractivity contribution is 7.13. The van der Waals surface area contributed by atoms with E-state index in [0.717, 1.165) is 102 Å². The molecule has 7 N–H and O–H groups in total. The van der Waals surface area contributed by atoms with Gasteiger partial charge in [0, 0.05) is 89.4 Å². The van der Waals surface area contributed by atoms with Crippen LogP contribution in [0.25, 0.3) is 21.5 Å². The third-order valence-electron chi connectivity index (χ3n) is 15.8. The summed E-state index contributed by atoms with van der Waals surface area (Å²) in [4.78, 5) is 93.4. The number of piperazine rings is 1. The van der Waals surface area contributed by atoms with E-state index >= 15 is 0 Å². The highest BCUT2D eigenvalue weighted by Gasteiger charge is 2.45. The summed E-state index contributed by atoms with van der Waals surface area (Å²) in [6, 6.07) is 15.5. The number of fused-ring (bicyclic) bond motifs is 1. The van der Waals surface area contributed by atoms with E-state index in [-0.39, 0.29) is 61.5 Å². The van der Waals surface area contributed by atoms with Crippen molar-refractivity contribution in [3.63, 3.8) is 0 Å². The first kappa shape index (κ1) is 58.2. The molecule has 5 aromatic rings. The van der Waals surface area contributed by atoms with Crippen LogP contribution in [-0.2, 0) is 30.5 Å². The van der Waals surface area contributed by atoms with Gasteiger partial charge in [-0.2, -0.15) is 0 Å². The summed E-state index contributed by atoms with van der Waals surface area (Å²) in [5, 5.41) is 21.4. The standard InChI is InChI=1S/C58H79ClN12O6S/c1-39-50(78-38-65-39)42-16-14-40(15-17-42)35-62-54(75)47-34-44(72)36-71(47)55(76)51(57(2,3)4)67-48(73)12-10-8-6-5-7-9-11-13-49(74)69-32-30-68(31-33-69)27-23-46(41-18-20-43(59)21-19-41)66-56(77)58(60)24-28-70(29-25-58)53-45-22-26-61-52(45)63-37-64-53/h14-22,26,37-38,44,46-47,51,72H,5-13,23-25,27-36,60H2,1-4H3,(H,62,75)(H,66,77)(H,67,73)(H,61,63,64)/t44-,46+,47+,51-/m1/s1. The number of aliphatic hydroxyl groups excluding tert-OH is 1. The summed E-state index contributed by atoms with van der Waals surface area (Å²) in [6.45, 7) is 12.8. The van der Waals surface area contributed by atoms with Crippen molar-refractivity contribution >= 4 is 69.3 Å². The molecule has 3 aliphatic heterocycles. The maximum atomic E-state index is 14.1. The number of carbonyl (C=O) groups excluding carboxylic acids is 5. The molecule has 0 saturated carbocycles. The van der Waals surface area contributed by atoms with Gasteiger partial charge in [-0.05, 0) is 79.3 Å². The fourth-order valence-electron chi connectivity index (χ4n) is 10.9. The Balaban J connectivity index is 0.690. The Morgan fingerprint density at radius 3 is 2.21 bits per heavy atom. The van der Waals surface area contributed by atoms with E-state index in [9.17, 15) is 29.1 Å². The molecule has 18 nitrogen and oxygen atoms in total. The van der Waals surface area contributed by atoms with Crippen molar-refractivity contribution < 1.29 is 29.1 Å². The number of aromatic nitrogens is 4. The number of amides is 5. The van der Waals surface area contributed by atoms with Crippen LogP contribution in [-0.4, -0.2) is 145 Å². The van der Waals surface area contributed by atoms with Gasteiger partial charge in [-0.25, -0.2) is 15.0 Å². The fraction of sp³-hybridized carbons (Fsp3) is 0.552. The zero-order valence-corrected chi connectivity index (χ0v) is 47.3. The molecule has 6 heterocycles. The van der Waals surface area contributed by atoms with Crippen LogP contribution in [0.15, 0.2) is 72.6 Å². The molecule has 0 radical (unpaired) electrons. The van der Waals surface area contributed by atoms with E-state index in [0.29, 0.717) is 63.3 Å². The van der Waals surface area contributed by atoms with Gasteiger partial charge in [-0.1, -0.05) is 101 Å². The Kier molecular flexibility index (Phi) is 20.0. The normalized spacial score (nSPS) is 18.7. The first-order valence-corrected chi connectivity index (χ1v) is 29.1. The third kappa shape index (κ3) is 15.2. The van der Waals surface area contributed by atoms with Gasteiger partial charge in [0.05, 0.1) is 39.2 Å². The Hall–Kier alpha value is -5.99. The second-order valence-electron chi connectivity index (χ2n) is 22.6. The number of halogens is 1. The molecule has 0 unspecified atom stereocenters. The van der Waals surface area contributed by atoms with Crippen molar-refractivity contribution in [2.24, 2.45) is 11.1 Å². The van der Waals surface area contributed by atoms with Gasteiger partial charge >= 0.3 is 0 Å². The number of carbonyl (C=O) groups is 5. The van der Waals surface area contributed by atoms with Gasteiger partial charge in [0.1, 0.15) is 29.9 Å². The van der Waals surface area contributed by atoms with Crippen LogP contribution in [0.4, 0.5) is 5.82 Å². The second-order valence-corrected chi connectivity index (χ2v) is 23.9. The summed E-state index contributed by atoms with van der Waals surface area (Å²) in [5.41, 5.74) is 11.7. The van der Waals surface area contributed by atoms with Gasteiger partial charge in [0.25, 0.3) is 0 Å². The molecule has 3 saturated heterocycles. The number of nitrogens with zero attached hydrogens (tertiary/aromatic N) is 7. The topological polar surface area (TPSA) is 235 Å². The summed E-state index contributed by atoms with van der Waals surface area (Å²) in [6.07, 6.45) is 11.5. The summed E-state index contributed by atoms with van der Waals surface area (Å²) in [7, 11) is 0. The average molecular weight is 1110 g/mol. The van der Waals surface area contributed by atoms with E-state index in [2.05, 4.69) is 45.7 Å². The molecule has 0 bridgehead atoms. The number of nitrogens with two attached hydrogens (primary N) is 1. The molecule has 0 spiro atoms. The van der Waals surface area contributed by atoms with Crippen LogP contribution < -0.4 is 26.6 Å². The number of benzene rings is 2. The molecule has 4 atom stereocenters.